The number of aliphatic hydroxyl groups excluding tert-OH is 1. The van der Waals surface area contributed by atoms with Crippen LogP contribution in [-0.2, 0) is 11.3 Å². The summed E-state index contributed by atoms with van der Waals surface area (Å²) in [6.45, 7) is 2.03. The first-order valence-corrected chi connectivity index (χ1v) is 6.34. The van der Waals surface area contributed by atoms with E-state index in [0.29, 0.717) is 17.9 Å². The van der Waals surface area contributed by atoms with Crippen LogP contribution in [0.25, 0.3) is 0 Å². The van der Waals surface area contributed by atoms with Gasteiger partial charge in [-0.25, -0.2) is 4.39 Å². The van der Waals surface area contributed by atoms with Crippen LogP contribution in [0.15, 0.2) is 42.5 Å². The van der Waals surface area contributed by atoms with Gasteiger partial charge in [-0.3, -0.25) is 0 Å². The monoisotopic (exact) mass is 276 g/mol. The Morgan fingerprint density at radius 1 is 1.20 bits per heavy atom. The van der Waals surface area contributed by atoms with Crippen LogP contribution in [0.4, 0.5) is 4.39 Å². The molecule has 0 saturated heterocycles. The van der Waals surface area contributed by atoms with Crippen LogP contribution in [0.3, 0.4) is 0 Å². The molecule has 1 N–H and O–H groups in total. The van der Waals surface area contributed by atoms with Gasteiger partial charge in [0.15, 0.2) is 11.6 Å². The van der Waals surface area contributed by atoms with Crippen LogP contribution in [0.2, 0.25) is 0 Å². The van der Waals surface area contributed by atoms with Gasteiger partial charge in [0.25, 0.3) is 0 Å². The predicted molar refractivity (Wildman–Crippen MR) is 74.3 cm³/mol. The summed E-state index contributed by atoms with van der Waals surface area (Å²) in [5.74, 6) is 0.0594. The van der Waals surface area contributed by atoms with Gasteiger partial charge < -0.3 is 14.6 Å². The van der Waals surface area contributed by atoms with Crippen LogP contribution in [0.1, 0.15) is 24.2 Å². The highest BCUT2D eigenvalue weighted by molar-refractivity contribution is 5.41. The lowest BCUT2D eigenvalue weighted by molar-refractivity contribution is 0.184. The Kier molecular flexibility index (Phi) is 4.71. The summed E-state index contributed by atoms with van der Waals surface area (Å²) in [6, 6.07) is 11.7. The normalized spacial score (nSPS) is 12.2. The molecule has 0 aliphatic carbocycles. The summed E-state index contributed by atoms with van der Waals surface area (Å²) >= 11 is 0. The average molecular weight is 276 g/mol. The molecule has 0 aromatic heterocycles. The van der Waals surface area contributed by atoms with E-state index in [9.17, 15) is 9.50 Å². The molecule has 0 fully saturated rings. The fourth-order valence-corrected chi connectivity index (χ4v) is 1.95. The van der Waals surface area contributed by atoms with Gasteiger partial charge in [0, 0.05) is 12.7 Å². The highest BCUT2D eigenvalue weighted by Gasteiger charge is 2.14. The molecular weight excluding hydrogens is 259 g/mol. The van der Waals surface area contributed by atoms with Gasteiger partial charge in [0.05, 0.1) is 12.7 Å². The maximum atomic E-state index is 13.9. The predicted octanol–water partition coefficient (Wildman–Crippen LogP) is 3.82. The molecule has 0 spiro atoms. The van der Waals surface area contributed by atoms with E-state index in [0.717, 1.165) is 5.56 Å². The number of rotatable bonds is 5. The molecule has 106 valence electrons. The molecule has 0 radical (unpaired) electrons. The van der Waals surface area contributed by atoms with Crippen LogP contribution in [0.5, 0.6) is 11.5 Å². The highest BCUT2D eigenvalue weighted by Crippen LogP contribution is 2.32. The third kappa shape index (κ3) is 3.35. The summed E-state index contributed by atoms with van der Waals surface area (Å²) in [4.78, 5) is 0. The van der Waals surface area contributed by atoms with E-state index >= 15 is 0 Å². The largest absolute Gasteiger partial charge is 0.454 e. The van der Waals surface area contributed by atoms with E-state index in [-0.39, 0.29) is 5.75 Å². The molecule has 0 bridgehead atoms. The standard InChI is InChI=1S/C16H17FO3/c1-11(18)14-7-4-8-15(17)16(14)20-13-6-3-5-12(9-13)10-19-2/h3-9,11,18H,10H2,1-2H3. The first kappa shape index (κ1) is 14.5. The fraction of sp³-hybridized carbons (Fsp3) is 0.250. The zero-order valence-corrected chi connectivity index (χ0v) is 11.5. The quantitative estimate of drug-likeness (QED) is 0.902. The van der Waals surface area contributed by atoms with Crippen molar-refractivity contribution in [3.05, 3.63) is 59.4 Å². The number of methoxy groups -OCH3 is 1. The number of halogens is 1. The zero-order chi connectivity index (χ0) is 14.5. The third-order valence-electron chi connectivity index (χ3n) is 2.88. The molecule has 4 heteroatoms. The maximum absolute atomic E-state index is 13.9. The van der Waals surface area contributed by atoms with Crippen molar-refractivity contribution in [3.8, 4) is 11.5 Å². The number of ether oxygens (including phenoxy) is 2. The summed E-state index contributed by atoms with van der Waals surface area (Å²) < 4.78 is 24.5. The first-order valence-electron chi connectivity index (χ1n) is 6.34. The maximum Gasteiger partial charge on any atom is 0.168 e. The van der Waals surface area contributed by atoms with E-state index < -0.39 is 11.9 Å². The molecular formula is C16H17FO3. The van der Waals surface area contributed by atoms with E-state index in [1.165, 1.54) is 6.07 Å². The van der Waals surface area contributed by atoms with Crippen molar-refractivity contribution in [2.75, 3.05) is 7.11 Å². The molecule has 3 nitrogen and oxygen atoms in total. The molecule has 0 heterocycles. The second-order valence-corrected chi connectivity index (χ2v) is 4.52. The second-order valence-electron chi connectivity index (χ2n) is 4.52. The number of hydrogen-bond donors (Lipinski definition) is 1. The SMILES string of the molecule is COCc1cccc(Oc2c(F)cccc2C(C)O)c1. The third-order valence-corrected chi connectivity index (χ3v) is 2.88. The number of benzene rings is 2. The summed E-state index contributed by atoms with van der Waals surface area (Å²) in [5, 5.41) is 9.68. The number of aliphatic hydroxyl groups is 1. The van der Waals surface area contributed by atoms with E-state index in [4.69, 9.17) is 9.47 Å². The number of para-hydroxylation sites is 1. The molecule has 0 saturated carbocycles. The average Bonchev–Trinajstić information content (AvgIpc) is 2.41. The van der Waals surface area contributed by atoms with E-state index in [1.807, 2.05) is 12.1 Å². The Hall–Kier alpha value is -1.91. The zero-order valence-electron chi connectivity index (χ0n) is 11.5. The molecule has 1 unspecified atom stereocenters. The molecule has 0 aliphatic heterocycles. The Morgan fingerprint density at radius 2 is 1.95 bits per heavy atom. The topological polar surface area (TPSA) is 38.7 Å². The number of hydrogen-bond acceptors (Lipinski definition) is 3. The summed E-state index contributed by atoms with van der Waals surface area (Å²) in [6.07, 6.45) is -0.803. The van der Waals surface area contributed by atoms with Gasteiger partial charge in [-0.15, -0.1) is 0 Å². The smallest absolute Gasteiger partial charge is 0.168 e. The Labute approximate surface area is 117 Å². The molecule has 2 aromatic rings. The lowest BCUT2D eigenvalue weighted by Gasteiger charge is -2.14. The summed E-state index contributed by atoms with van der Waals surface area (Å²) in [5.41, 5.74) is 1.35. The van der Waals surface area contributed by atoms with Gasteiger partial charge in [0.1, 0.15) is 5.75 Å². The lowest BCUT2D eigenvalue weighted by Crippen LogP contribution is -1.99. The highest BCUT2D eigenvalue weighted by atomic mass is 19.1. The van der Waals surface area contributed by atoms with Crippen molar-refractivity contribution in [3.63, 3.8) is 0 Å². The van der Waals surface area contributed by atoms with Crippen LogP contribution in [-0.4, -0.2) is 12.2 Å². The van der Waals surface area contributed by atoms with Gasteiger partial charge in [-0.2, -0.15) is 0 Å². The first-order chi connectivity index (χ1) is 9.61. The minimum atomic E-state index is -0.803. The van der Waals surface area contributed by atoms with Crippen molar-refractivity contribution in [2.24, 2.45) is 0 Å². The lowest BCUT2D eigenvalue weighted by atomic mass is 10.1. The summed E-state index contributed by atoms with van der Waals surface area (Å²) in [7, 11) is 1.61. The second kappa shape index (κ2) is 6.50. The molecule has 1 atom stereocenters. The van der Waals surface area contributed by atoms with Crippen LogP contribution < -0.4 is 4.74 Å². The van der Waals surface area contributed by atoms with Crippen molar-refractivity contribution in [2.45, 2.75) is 19.6 Å². The molecule has 0 amide bonds. The Balaban J connectivity index is 2.32. The minimum Gasteiger partial charge on any atom is -0.454 e. The van der Waals surface area contributed by atoms with Crippen LogP contribution in [0, 0.1) is 5.82 Å². The van der Waals surface area contributed by atoms with Crippen molar-refractivity contribution < 1.29 is 19.0 Å². The Morgan fingerprint density at radius 3 is 2.65 bits per heavy atom. The minimum absolute atomic E-state index is 0.0528. The van der Waals surface area contributed by atoms with E-state index in [2.05, 4.69) is 0 Å². The Bertz CT molecular complexity index is 582. The molecule has 2 aromatic carbocycles. The van der Waals surface area contributed by atoms with Gasteiger partial charge in [-0.05, 0) is 30.7 Å². The molecule has 20 heavy (non-hydrogen) atoms. The molecule has 2 rings (SSSR count). The van der Waals surface area contributed by atoms with Crippen molar-refractivity contribution in [1.29, 1.82) is 0 Å². The van der Waals surface area contributed by atoms with Crippen LogP contribution >= 0.6 is 0 Å². The van der Waals surface area contributed by atoms with Gasteiger partial charge in [0.2, 0.25) is 0 Å². The molecule has 0 aliphatic rings. The fourth-order valence-electron chi connectivity index (χ4n) is 1.95. The van der Waals surface area contributed by atoms with Gasteiger partial charge in [-0.1, -0.05) is 24.3 Å². The van der Waals surface area contributed by atoms with Gasteiger partial charge >= 0.3 is 0 Å². The van der Waals surface area contributed by atoms with Crippen molar-refractivity contribution >= 4 is 0 Å². The van der Waals surface area contributed by atoms with Crippen molar-refractivity contribution in [1.82, 2.24) is 0 Å². The van der Waals surface area contributed by atoms with E-state index in [1.54, 1.807) is 38.3 Å².